The maximum Gasteiger partial charge on any atom is 0.433 e. The van der Waals surface area contributed by atoms with Crippen molar-refractivity contribution in [3.05, 3.63) is 57.8 Å². The number of pyridine rings is 1. The maximum absolute atomic E-state index is 12.7. The van der Waals surface area contributed by atoms with Gasteiger partial charge < -0.3 is 4.74 Å². The third-order valence-electron chi connectivity index (χ3n) is 4.12. The molecule has 0 atom stereocenters. The Morgan fingerprint density at radius 1 is 1.25 bits per heavy atom. The number of sulfonamides is 1. The molecule has 0 bridgehead atoms. The van der Waals surface area contributed by atoms with Gasteiger partial charge in [-0.3, -0.25) is 10.1 Å². The Hall–Kier alpha value is -2.73. The van der Waals surface area contributed by atoms with E-state index < -0.39 is 32.9 Å². The van der Waals surface area contributed by atoms with E-state index >= 15 is 0 Å². The Bertz CT molecular complexity index is 1020. The first-order valence-corrected chi connectivity index (χ1v) is 9.38. The van der Waals surface area contributed by atoms with Crippen molar-refractivity contribution >= 4 is 15.7 Å². The second kappa shape index (κ2) is 7.02. The molecule has 28 heavy (non-hydrogen) atoms. The average molecular weight is 417 g/mol. The molecule has 0 radical (unpaired) electrons. The lowest BCUT2D eigenvalue weighted by Gasteiger charge is -2.37. The molecule has 1 fully saturated rings. The second-order valence-electron chi connectivity index (χ2n) is 6.13. The number of aromatic nitrogens is 1. The quantitative estimate of drug-likeness (QED) is 0.548. The van der Waals surface area contributed by atoms with E-state index in [0.29, 0.717) is 5.56 Å². The molecule has 0 spiro atoms. The highest BCUT2D eigenvalue weighted by Gasteiger charge is 2.40. The highest BCUT2D eigenvalue weighted by atomic mass is 32.2. The summed E-state index contributed by atoms with van der Waals surface area (Å²) in [6.07, 6.45) is -5.29. The summed E-state index contributed by atoms with van der Waals surface area (Å²) in [5.74, 6) is -0.261. The van der Waals surface area contributed by atoms with Crippen LogP contribution in [0.15, 0.2) is 41.3 Å². The molecule has 1 aromatic heterocycles. The molecule has 0 aliphatic carbocycles. The van der Waals surface area contributed by atoms with Crippen LogP contribution in [-0.4, -0.2) is 41.8 Å². The van der Waals surface area contributed by atoms with Gasteiger partial charge in [0.15, 0.2) is 0 Å². The number of nitrogens with zero attached hydrogens (tertiary/aromatic N) is 3. The van der Waals surface area contributed by atoms with Crippen molar-refractivity contribution in [3.63, 3.8) is 0 Å². The molecule has 150 valence electrons. The van der Waals surface area contributed by atoms with Crippen LogP contribution in [0, 0.1) is 17.0 Å². The number of nitro benzene ring substituents is 1. The summed E-state index contributed by atoms with van der Waals surface area (Å²) in [5.41, 5.74) is -1.12. The van der Waals surface area contributed by atoms with E-state index in [1.807, 2.05) is 0 Å². The van der Waals surface area contributed by atoms with Crippen LogP contribution in [0.25, 0.3) is 0 Å². The Balaban J connectivity index is 1.71. The molecular formula is C16H14F3N3O5S. The summed E-state index contributed by atoms with van der Waals surface area (Å²) in [6.45, 7) is 1.29. The highest BCUT2D eigenvalue weighted by molar-refractivity contribution is 7.89. The summed E-state index contributed by atoms with van der Waals surface area (Å²) in [6, 6.07) is 6.71. The van der Waals surface area contributed by atoms with Crippen molar-refractivity contribution in [1.29, 1.82) is 0 Å². The second-order valence-corrected chi connectivity index (χ2v) is 8.03. The zero-order valence-electron chi connectivity index (χ0n) is 14.4. The number of aryl methyl sites for hydroxylation is 1. The average Bonchev–Trinajstić information content (AvgIpc) is 2.57. The lowest BCUT2D eigenvalue weighted by Crippen LogP contribution is -2.56. The molecule has 8 nitrogen and oxygen atoms in total. The van der Waals surface area contributed by atoms with Crippen molar-refractivity contribution in [3.8, 4) is 5.88 Å². The third kappa shape index (κ3) is 3.92. The van der Waals surface area contributed by atoms with Crippen molar-refractivity contribution < 1.29 is 31.2 Å². The van der Waals surface area contributed by atoms with Crippen LogP contribution in [0.1, 0.15) is 11.3 Å². The van der Waals surface area contributed by atoms with Crippen LogP contribution in [0.4, 0.5) is 18.9 Å². The molecular weight excluding hydrogens is 403 g/mol. The number of rotatable bonds is 5. The van der Waals surface area contributed by atoms with Gasteiger partial charge in [0, 0.05) is 18.2 Å². The number of halogens is 3. The molecule has 0 N–H and O–H groups in total. The van der Waals surface area contributed by atoms with Gasteiger partial charge in [-0.25, -0.2) is 13.4 Å². The zero-order chi connectivity index (χ0) is 20.7. The van der Waals surface area contributed by atoms with Gasteiger partial charge >= 0.3 is 6.18 Å². The van der Waals surface area contributed by atoms with Crippen molar-refractivity contribution in [2.45, 2.75) is 24.1 Å². The minimum atomic E-state index is -4.62. The first kappa shape index (κ1) is 20.0. The Labute approximate surface area is 157 Å². The number of benzene rings is 1. The minimum absolute atomic E-state index is 0.109. The van der Waals surface area contributed by atoms with Gasteiger partial charge in [0.05, 0.1) is 22.9 Å². The van der Waals surface area contributed by atoms with E-state index in [-0.39, 0.29) is 29.6 Å². The van der Waals surface area contributed by atoms with Gasteiger partial charge in [-0.05, 0) is 18.6 Å². The number of alkyl halides is 3. The van der Waals surface area contributed by atoms with Gasteiger partial charge in [0.1, 0.15) is 11.8 Å². The molecule has 1 aromatic carbocycles. The smallest absolute Gasteiger partial charge is 0.433 e. The summed E-state index contributed by atoms with van der Waals surface area (Å²) in [5, 5.41) is 10.9. The predicted molar refractivity (Wildman–Crippen MR) is 90.2 cm³/mol. The first-order chi connectivity index (χ1) is 13.0. The van der Waals surface area contributed by atoms with Gasteiger partial charge in [0.2, 0.25) is 15.9 Å². The molecule has 1 aliphatic heterocycles. The molecule has 3 rings (SSSR count). The van der Waals surface area contributed by atoms with Crippen LogP contribution in [0.3, 0.4) is 0 Å². The third-order valence-corrected chi connectivity index (χ3v) is 6.09. The van der Waals surface area contributed by atoms with Gasteiger partial charge in [-0.1, -0.05) is 12.1 Å². The van der Waals surface area contributed by atoms with E-state index in [4.69, 9.17) is 4.74 Å². The summed E-state index contributed by atoms with van der Waals surface area (Å²) in [4.78, 5) is 13.4. The van der Waals surface area contributed by atoms with Crippen LogP contribution in [-0.2, 0) is 16.2 Å². The van der Waals surface area contributed by atoms with Crippen molar-refractivity contribution in [2.75, 3.05) is 13.1 Å². The fourth-order valence-corrected chi connectivity index (χ4v) is 4.35. The molecule has 2 aromatic rings. The lowest BCUT2D eigenvalue weighted by atomic mass is 10.2. The molecule has 0 unspecified atom stereocenters. The fourth-order valence-electron chi connectivity index (χ4n) is 2.60. The van der Waals surface area contributed by atoms with Gasteiger partial charge in [0.25, 0.3) is 5.69 Å². The Kier molecular flexibility index (Phi) is 5.02. The Morgan fingerprint density at radius 3 is 2.54 bits per heavy atom. The molecule has 12 heteroatoms. The van der Waals surface area contributed by atoms with Crippen LogP contribution in [0.2, 0.25) is 0 Å². The molecule has 0 amide bonds. The van der Waals surface area contributed by atoms with Gasteiger partial charge in [-0.15, -0.1) is 0 Å². The predicted octanol–water partition coefficient (Wildman–Crippen LogP) is 2.77. The van der Waals surface area contributed by atoms with Crippen LogP contribution < -0.4 is 4.74 Å². The molecule has 1 saturated heterocycles. The topological polar surface area (TPSA) is 103 Å². The number of ether oxygens (including phenoxy) is 1. The van der Waals surface area contributed by atoms with E-state index in [0.717, 1.165) is 22.5 Å². The van der Waals surface area contributed by atoms with Gasteiger partial charge in [-0.2, -0.15) is 17.5 Å². The van der Waals surface area contributed by atoms with E-state index in [1.54, 1.807) is 0 Å². The maximum atomic E-state index is 12.7. The number of hydrogen-bond donors (Lipinski definition) is 0. The van der Waals surface area contributed by atoms with Crippen LogP contribution >= 0.6 is 0 Å². The van der Waals surface area contributed by atoms with E-state index in [1.165, 1.54) is 25.1 Å². The SMILES string of the molecule is Cc1ccc([N+](=O)[O-])cc1S(=O)(=O)N1CC(Oc2cccc(C(F)(F)F)n2)C1. The number of non-ortho nitro benzene ring substituents is 1. The zero-order valence-corrected chi connectivity index (χ0v) is 15.2. The number of hydrogen-bond acceptors (Lipinski definition) is 6. The van der Waals surface area contributed by atoms with E-state index in [9.17, 15) is 31.7 Å². The molecule has 2 heterocycles. The molecule has 0 saturated carbocycles. The molecule has 1 aliphatic rings. The first-order valence-electron chi connectivity index (χ1n) is 7.94. The summed E-state index contributed by atoms with van der Waals surface area (Å²) in [7, 11) is -4.00. The lowest BCUT2D eigenvalue weighted by molar-refractivity contribution is -0.385. The highest BCUT2D eigenvalue weighted by Crippen LogP contribution is 2.31. The van der Waals surface area contributed by atoms with Crippen molar-refractivity contribution in [1.82, 2.24) is 9.29 Å². The Morgan fingerprint density at radius 2 is 1.93 bits per heavy atom. The van der Waals surface area contributed by atoms with Crippen molar-refractivity contribution in [2.24, 2.45) is 0 Å². The fraction of sp³-hybridized carbons (Fsp3) is 0.312. The normalized spacial score (nSPS) is 15.9. The minimum Gasteiger partial charge on any atom is -0.472 e. The summed E-state index contributed by atoms with van der Waals surface area (Å²) < 4.78 is 69.8. The number of nitro groups is 1. The standard InChI is InChI=1S/C16H14F3N3O5S/c1-10-5-6-11(22(23)24)7-13(10)28(25,26)21-8-12(9-21)27-15-4-2-3-14(20-15)16(17,18)19/h2-7,12H,8-9H2,1H3. The van der Waals surface area contributed by atoms with Crippen LogP contribution in [0.5, 0.6) is 5.88 Å². The summed E-state index contributed by atoms with van der Waals surface area (Å²) >= 11 is 0. The van der Waals surface area contributed by atoms with E-state index in [2.05, 4.69) is 4.98 Å². The monoisotopic (exact) mass is 417 g/mol. The largest absolute Gasteiger partial charge is 0.472 e.